The number of furan rings is 1. The molecule has 31 heavy (non-hydrogen) atoms. The van der Waals surface area contributed by atoms with Crippen molar-refractivity contribution < 1.29 is 13.9 Å². The molecule has 1 amide bonds. The van der Waals surface area contributed by atoms with Crippen molar-refractivity contribution in [2.45, 2.75) is 0 Å². The summed E-state index contributed by atoms with van der Waals surface area (Å²) in [4.78, 5) is 20.6. The Morgan fingerprint density at radius 2 is 2.16 bits per heavy atom. The molecule has 0 saturated carbocycles. The molecule has 11 heteroatoms. The molecule has 3 heterocycles. The van der Waals surface area contributed by atoms with Crippen LogP contribution in [0.5, 0.6) is 5.75 Å². The number of aromatic nitrogens is 6. The Labute approximate surface area is 179 Å². The Morgan fingerprint density at radius 1 is 1.26 bits per heavy atom. The largest absolute Gasteiger partial charge is 0.496 e. The number of H-pyrrole nitrogens is 1. The zero-order valence-electron chi connectivity index (χ0n) is 16.0. The van der Waals surface area contributed by atoms with Gasteiger partial charge in [-0.25, -0.2) is 4.98 Å². The molecule has 0 unspecified atom stereocenters. The van der Waals surface area contributed by atoms with Gasteiger partial charge in [-0.15, -0.1) is 5.10 Å². The van der Waals surface area contributed by atoms with Crippen molar-refractivity contribution in [3.8, 4) is 23.0 Å². The lowest BCUT2D eigenvalue weighted by molar-refractivity contribution is 0.102. The molecule has 0 radical (unpaired) electrons. The first-order chi connectivity index (χ1) is 15.1. The molecule has 0 fully saturated rings. The van der Waals surface area contributed by atoms with Gasteiger partial charge in [-0.1, -0.05) is 11.6 Å². The monoisotopic (exact) mass is 435 g/mol. The van der Waals surface area contributed by atoms with E-state index < -0.39 is 0 Å². The number of hydrogen-bond acceptors (Lipinski definition) is 7. The summed E-state index contributed by atoms with van der Waals surface area (Å²) in [7, 11) is 1.47. The number of rotatable bonds is 5. The fourth-order valence-electron chi connectivity index (χ4n) is 3.15. The third-order valence-electron chi connectivity index (χ3n) is 4.60. The van der Waals surface area contributed by atoms with Crippen molar-refractivity contribution in [3.63, 3.8) is 0 Å². The number of tetrazole rings is 1. The summed E-state index contributed by atoms with van der Waals surface area (Å²) in [6, 6.07) is 12.1. The van der Waals surface area contributed by atoms with Crippen molar-refractivity contribution in [1.82, 2.24) is 30.2 Å². The Morgan fingerprint density at radius 3 is 2.90 bits per heavy atom. The van der Waals surface area contributed by atoms with E-state index in [2.05, 4.69) is 30.8 Å². The van der Waals surface area contributed by atoms with Crippen molar-refractivity contribution >= 4 is 34.2 Å². The summed E-state index contributed by atoms with van der Waals surface area (Å²) >= 11 is 6.35. The number of nitrogens with one attached hydrogen (secondary N) is 2. The van der Waals surface area contributed by atoms with Gasteiger partial charge in [-0.3, -0.25) is 4.79 Å². The minimum Gasteiger partial charge on any atom is -0.496 e. The van der Waals surface area contributed by atoms with Crippen LogP contribution < -0.4 is 10.1 Å². The zero-order valence-corrected chi connectivity index (χ0v) is 16.8. The predicted molar refractivity (Wildman–Crippen MR) is 112 cm³/mol. The van der Waals surface area contributed by atoms with E-state index in [1.54, 1.807) is 36.6 Å². The van der Waals surface area contributed by atoms with E-state index >= 15 is 0 Å². The fourth-order valence-corrected chi connectivity index (χ4v) is 3.40. The van der Waals surface area contributed by atoms with Crippen LogP contribution in [0.15, 0.2) is 59.5 Å². The second-order valence-electron chi connectivity index (χ2n) is 6.51. The first-order valence-electron chi connectivity index (χ1n) is 9.08. The Kier molecular flexibility index (Phi) is 4.60. The van der Waals surface area contributed by atoms with Crippen LogP contribution in [0.3, 0.4) is 0 Å². The van der Waals surface area contributed by atoms with Crippen LogP contribution in [-0.2, 0) is 0 Å². The highest BCUT2D eigenvalue weighted by molar-refractivity contribution is 6.33. The zero-order chi connectivity index (χ0) is 21.4. The average molecular weight is 436 g/mol. The van der Waals surface area contributed by atoms with Gasteiger partial charge in [0.25, 0.3) is 5.91 Å². The summed E-state index contributed by atoms with van der Waals surface area (Å²) in [5.41, 5.74) is 2.84. The summed E-state index contributed by atoms with van der Waals surface area (Å²) in [5, 5.41) is 14.1. The average Bonchev–Trinajstić information content (AvgIpc) is 3.54. The van der Waals surface area contributed by atoms with Gasteiger partial charge >= 0.3 is 0 Å². The van der Waals surface area contributed by atoms with Crippen LogP contribution in [0, 0.1) is 0 Å². The van der Waals surface area contributed by atoms with Gasteiger partial charge in [0.1, 0.15) is 12.1 Å². The molecule has 2 N–H and O–H groups in total. The highest BCUT2D eigenvalue weighted by Crippen LogP contribution is 2.30. The van der Waals surface area contributed by atoms with E-state index in [9.17, 15) is 4.79 Å². The molecular formula is C20H14ClN7O3. The standard InChI is InChI=1S/C20H14ClN7O3/c1-30-18-9-16(28-10-22-26-27-28)13(21)8-12(18)20(29)23-11-4-5-14-15(7-11)25-19(24-14)17-3-2-6-31-17/h2-10H,1H3,(H,23,29)(H,24,25). The molecule has 0 spiro atoms. The molecule has 154 valence electrons. The van der Waals surface area contributed by atoms with Crippen LogP contribution in [0.25, 0.3) is 28.3 Å². The van der Waals surface area contributed by atoms with Crippen LogP contribution in [0.1, 0.15) is 10.4 Å². The smallest absolute Gasteiger partial charge is 0.259 e. The van der Waals surface area contributed by atoms with Gasteiger partial charge in [0.05, 0.1) is 40.7 Å². The van der Waals surface area contributed by atoms with Crippen molar-refractivity contribution in [2.75, 3.05) is 12.4 Å². The molecular weight excluding hydrogens is 422 g/mol. The molecule has 0 atom stereocenters. The lowest BCUT2D eigenvalue weighted by Crippen LogP contribution is -2.14. The highest BCUT2D eigenvalue weighted by atomic mass is 35.5. The van der Waals surface area contributed by atoms with Crippen molar-refractivity contribution in [2.24, 2.45) is 0 Å². The molecule has 0 saturated heterocycles. The van der Waals surface area contributed by atoms with E-state index in [-0.39, 0.29) is 11.5 Å². The number of nitrogens with zero attached hydrogens (tertiary/aromatic N) is 5. The first-order valence-corrected chi connectivity index (χ1v) is 9.46. The number of imidazole rings is 1. The number of ether oxygens (including phenoxy) is 1. The Hall–Kier alpha value is -4.18. The maximum absolute atomic E-state index is 12.9. The topological polar surface area (TPSA) is 124 Å². The molecule has 0 aliphatic rings. The minimum absolute atomic E-state index is 0.269. The molecule has 5 aromatic rings. The molecule has 3 aromatic heterocycles. The predicted octanol–water partition coefficient (Wildman–Crippen LogP) is 3.71. The number of halogens is 1. The Bertz CT molecular complexity index is 1380. The van der Waals surface area contributed by atoms with E-state index in [1.807, 2.05) is 6.07 Å². The molecule has 10 nitrogen and oxygen atoms in total. The summed E-state index contributed by atoms with van der Waals surface area (Å²) in [6.45, 7) is 0. The maximum Gasteiger partial charge on any atom is 0.259 e. The number of benzene rings is 2. The number of hydrogen-bond donors (Lipinski definition) is 2. The quantitative estimate of drug-likeness (QED) is 0.431. The number of methoxy groups -OCH3 is 1. The van der Waals surface area contributed by atoms with Gasteiger partial charge in [0, 0.05) is 11.8 Å². The van der Waals surface area contributed by atoms with E-state index in [0.29, 0.717) is 33.7 Å². The molecule has 0 aliphatic heterocycles. The summed E-state index contributed by atoms with van der Waals surface area (Å²) < 4.78 is 12.1. The number of anilines is 1. The van der Waals surface area contributed by atoms with E-state index in [4.69, 9.17) is 20.8 Å². The van der Waals surface area contributed by atoms with Crippen LogP contribution in [0.4, 0.5) is 5.69 Å². The van der Waals surface area contributed by atoms with Crippen LogP contribution in [-0.4, -0.2) is 43.2 Å². The summed E-state index contributed by atoms with van der Waals surface area (Å²) in [5.74, 6) is 1.18. The lowest BCUT2D eigenvalue weighted by atomic mass is 10.1. The third kappa shape index (κ3) is 3.49. The fraction of sp³-hybridized carbons (Fsp3) is 0.0500. The third-order valence-corrected chi connectivity index (χ3v) is 4.91. The highest BCUT2D eigenvalue weighted by Gasteiger charge is 2.18. The van der Waals surface area contributed by atoms with Crippen molar-refractivity contribution in [1.29, 1.82) is 0 Å². The van der Waals surface area contributed by atoms with Gasteiger partial charge in [-0.05, 0) is 46.8 Å². The number of carbonyl (C=O) groups is 1. The summed E-state index contributed by atoms with van der Waals surface area (Å²) in [6.07, 6.45) is 2.98. The second-order valence-corrected chi connectivity index (χ2v) is 6.91. The van der Waals surface area contributed by atoms with Gasteiger partial charge in [0.2, 0.25) is 0 Å². The van der Waals surface area contributed by atoms with E-state index in [1.165, 1.54) is 24.2 Å². The minimum atomic E-state index is -0.382. The first kappa shape index (κ1) is 18.8. The van der Waals surface area contributed by atoms with Gasteiger partial charge < -0.3 is 19.5 Å². The number of carbonyl (C=O) groups excluding carboxylic acids is 1. The maximum atomic E-state index is 12.9. The number of aromatic amines is 1. The van der Waals surface area contributed by atoms with Gasteiger partial charge in [-0.2, -0.15) is 4.68 Å². The van der Waals surface area contributed by atoms with Crippen LogP contribution >= 0.6 is 11.6 Å². The van der Waals surface area contributed by atoms with Crippen LogP contribution in [0.2, 0.25) is 5.02 Å². The molecule has 2 aromatic carbocycles. The molecule has 0 bridgehead atoms. The number of amides is 1. The van der Waals surface area contributed by atoms with E-state index in [0.717, 1.165) is 11.0 Å². The van der Waals surface area contributed by atoms with Crippen molar-refractivity contribution in [3.05, 3.63) is 65.6 Å². The SMILES string of the molecule is COc1cc(-n2cnnn2)c(Cl)cc1C(=O)Nc1ccc2nc(-c3ccco3)[nH]c2c1. The molecule has 5 rings (SSSR count). The Balaban J connectivity index is 1.44. The number of fused-ring (bicyclic) bond motifs is 1. The lowest BCUT2D eigenvalue weighted by Gasteiger charge is -2.12. The second kappa shape index (κ2) is 7.58. The molecule has 0 aliphatic carbocycles. The normalized spacial score (nSPS) is 11.0. The van der Waals surface area contributed by atoms with Gasteiger partial charge in [0.15, 0.2) is 11.6 Å².